The maximum Gasteiger partial charge on any atom is 0.253 e. The highest BCUT2D eigenvalue weighted by Gasteiger charge is 2.07. The van der Waals surface area contributed by atoms with Crippen molar-refractivity contribution in [1.82, 2.24) is 4.57 Å². The number of hydrogen-bond acceptors (Lipinski definition) is 3. The van der Waals surface area contributed by atoms with E-state index < -0.39 is 0 Å². The van der Waals surface area contributed by atoms with Gasteiger partial charge in [0.1, 0.15) is 0 Å². The van der Waals surface area contributed by atoms with Gasteiger partial charge < -0.3 is 4.57 Å². The summed E-state index contributed by atoms with van der Waals surface area (Å²) in [6.45, 7) is 4.43. The van der Waals surface area contributed by atoms with Crippen molar-refractivity contribution in [2.45, 2.75) is 13.0 Å². The van der Waals surface area contributed by atoms with E-state index in [2.05, 4.69) is 11.6 Å². The van der Waals surface area contributed by atoms with E-state index in [1.54, 1.807) is 11.3 Å². The molecule has 0 aliphatic rings. The quantitative estimate of drug-likeness (QED) is 0.677. The van der Waals surface area contributed by atoms with Crippen LogP contribution >= 0.6 is 22.7 Å². The first-order valence-electron chi connectivity index (χ1n) is 6.57. The van der Waals surface area contributed by atoms with Crippen LogP contribution in [0.2, 0.25) is 0 Å². The van der Waals surface area contributed by atoms with Gasteiger partial charge in [0.25, 0.3) is 5.91 Å². The summed E-state index contributed by atoms with van der Waals surface area (Å²) in [6, 6.07) is 12.0. The Morgan fingerprint density at radius 3 is 2.90 bits per heavy atom. The lowest BCUT2D eigenvalue weighted by Crippen LogP contribution is -2.16. The van der Waals surface area contributed by atoms with Crippen LogP contribution in [-0.2, 0) is 17.8 Å². The lowest BCUT2D eigenvalue weighted by molar-refractivity contribution is -0.117. The van der Waals surface area contributed by atoms with Gasteiger partial charge in [-0.1, -0.05) is 35.6 Å². The zero-order valence-electron chi connectivity index (χ0n) is 11.4. The average Bonchev–Trinajstić information content (AvgIpc) is 3.08. The Bertz CT molecular complexity index is 841. The fraction of sp³-hybridized carbons (Fsp3) is 0.125. The molecule has 5 heteroatoms. The molecule has 0 atom stereocenters. The van der Waals surface area contributed by atoms with E-state index in [1.807, 2.05) is 52.4 Å². The minimum absolute atomic E-state index is 0.109. The number of aromatic nitrogens is 1. The third-order valence-corrected chi connectivity index (χ3v) is 4.96. The van der Waals surface area contributed by atoms with Crippen molar-refractivity contribution < 1.29 is 4.79 Å². The summed E-state index contributed by atoms with van der Waals surface area (Å²) in [6.07, 6.45) is 2.18. The molecule has 0 spiro atoms. The zero-order chi connectivity index (χ0) is 14.7. The molecule has 0 N–H and O–H groups in total. The van der Waals surface area contributed by atoms with Crippen LogP contribution in [-0.4, -0.2) is 10.5 Å². The Balaban J connectivity index is 2.02. The van der Waals surface area contributed by atoms with Crippen LogP contribution in [0.3, 0.4) is 0 Å². The molecule has 3 nitrogen and oxygen atoms in total. The fourth-order valence-electron chi connectivity index (χ4n) is 2.12. The number of fused-ring (bicyclic) bond motifs is 1. The topological polar surface area (TPSA) is 34.4 Å². The van der Waals surface area contributed by atoms with E-state index in [0.717, 1.165) is 19.9 Å². The van der Waals surface area contributed by atoms with Crippen molar-refractivity contribution in [1.29, 1.82) is 0 Å². The number of carbonyl (C=O) groups is 1. The average molecular weight is 314 g/mol. The maximum atomic E-state index is 12.1. The van der Waals surface area contributed by atoms with Crippen LogP contribution < -0.4 is 4.80 Å². The van der Waals surface area contributed by atoms with E-state index in [1.165, 1.54) is 11.3 Å². The number of allylic oxidation sites excluding steroid dienone is 1. The minimum atomic E-state index is -0.109. The summed E-state index contributed by atoms with van der Waals surface area (Å²) in [7, 11) is 0. The number of para-hydroxylation sites is 1. The first kappa shape index (κ1) is 14.0. The van der Waals surface area contributed by atoms with Gasteiger partial charge in [0, 0.05) is 11.4 Å². The second kappa shape index (κ2) is 6.20. The Hall–Kier alpha value is -1.98. The first-order valence-corrected chi connectivity index (χ1v) is 8.27. The molecule has 3 aromatic rings. The van der Waals surface area contributed by atoms with E-state index >= 15 is 0 Å². The van der Waals surface area contributed by atoms with Crippen LogP contribution in [0.4, 0.5) is 0 Å². The Kier molecular flexibility index (Phi) is 4.13. The van der Waals surface area contributed by atoms with Gasteiger partial charge in [-0.2, -0.15) is 4.99 Å². The van der Waals surface area contributed by atoms with E-state index in [4.69, 9.17) is 0 Å². The highest BCUT2D eigenvalue weighted by molar-refractivity contribution is 7.16. The van der Waals surface area contributed by atoms with Crippen molar-refractivity contribution >= 4 is 38.8 Å². The number of thiophene rings is 1. The summed E-state index contributed by atoms with van der Waals surface area (Å²) in [5, 5.41) is 1.97. The van der Waals surface area contributed by atoms with E-state index in [0.29, 0.717) is 13.0 Å². The summed E-state index contributed by atoms with van der Waals surface area (Å²) >= 11 is 3.12. The molecular formula is C16H14N2OS2. The van der Waals surface area contributed by atoms with Gasteiger partial charge in [-0.3, -0.25) is 4.79 Å². The molecule has 0 saturated carbocycles. The molecule has 0 unspecified atom stereocenters. The molecule has 0 saturated heterocycles. The van der Waals surface area contributed by atoms with Crippen molar-refractivity contribution in [3.8, 4) is 0 Å². The second-order valence-electron chi connectivity index (χ2n) is 4.51. The van der Waals surface area contributed by atoms with Crippen molar-refractivity contribution in [2.75, 3.05) is 0 Å². The van der Waals surface area contributed by atoms with Gasteiger partial charge in [-0.25, -0.2) is 0 Å². The van der Waals surface area contributed by atoms with Crippen LogP contribution in [0.1, 0.15) is 4.88 Å². The Morgan fingerprint density at radius 2 is 2.14 bits per heavy atom. The largest absolute Gasteiger partial charge is 0.313 e. The van der Waals surface area contributed by atoms with Gasteiger partial charge in [0.15, 0.2) is 4.80 Å². The van der Waals surface area contributed by atoms with Gasteiger partial charge in [-0.05, 0) is 23.6 Å². The van der Waals surface area contributed by atoms with E-state index in [-0.39, 0.29) is 5.91 Å². The highest BCUT2D eigenvalue weighted by atomic mass is 32.1. The van der Waals surface area contributed by atoms with Gasteiger partial charge >= 0.3 is 0 Å². The van der Waals surface area contributed by atoms with E-state index in [9.17, 15) is 4.79 Å². The number of carbonyl (C=O) groups excluding carboxylic acids is 1. The maximum absolute atomic E-state index is 12.1. The predicted molar refractivity (Wildman–Crippen MR) is 88.6 cm³/mol. The lowest BCUT2D eigenvalue weighted by Gasteiger charge is -2.00. The van der Waals surface area contributed by atoms with Crippen LogP contribution in [0, 0.1) is 0 Å². The number of nitrogens with zero attached hydrogens (tertiary/aromatic N) is 2. The molecule has 21 heavy (non-hydrogen) atoms. The summed E-state index contributed by atoms with van der Waals surface area (Å²) in [5.41, 5.74) is 1.09. The van der Waals surface area contributed by atoms with Crippen molar-refractivity contribution in [3.05, 3.63) is 64.1 Å². The number of benzene rings is 1. The lowest BCUT2D eigenvalue weighted by atomic mass is 10.3. The number of rotatable bonds is 4. The summed E-state index contributed by atoms with van der Waals surface area (Å²) in [4.78, 5) is 18.2. The molecule has 0 bridgehead atoms. The zero-order valence-corrected chi connectivity index (χ0v) is 13.0. The summed E-state index contributed by atoms with van der Waals surface area (Å²) in [5.74, 6) is -0.109. The fourth-order valence-corrected chi connectivity index (χ4v) is 3.87. The van der Waals surface area contributed by atoms with Crippen molar-refractivity contribution in [2.24, 2.45) is 4.99 Å². The Labute approximate surface area is 130 Å². The molecule has 0 radical (unpaired) electrons. The number of amides is 1. The smallest absolute Gasteiger partial charge is 0.253 e. The molecule has 106 valence electrons. The molecule has 2 aromatic heterocycles. The molecular weight excluding hydrogens is 300 g/mol. The molecule has 0 aliphatic carbocycles. The van der Waals surface area contributed by atoms with Gasteiger partial charge in [0.05, 0.1) is 16.6 Å². The van der Waals surface area contributed by atoms with Gasteiger partial charge in [0.2, 0.25) is 0 Å². The number of hydrogen-bond donors (Lipinski definition) is 0. The SMILES string of the molecule is C=CCn1c(=NC(=O)Cc2cccs2)sc2ccccc21. The predicted octanol–water partition coefficient (Wildman–Crippen LogP) is 3.62. The standard InChI is InChI=1S/C16H14N2OS2/c1-2-9-18-13-7-3-4-8-14(13)21-16(18)17-15(19)11-12-6-5-10-20-12/h2-8,10H,1,9,11H2. The molecule has 0 fully saturated rings. The normalized spacial score (nSPS) is 11.9. The van der Waals surface area contributed by atoms with Crippen LogP contribution in [0.15, 0.2) is 59.4 Å². The molecule has 1 amide bonds. The number of thiazole rings is 1. The van der Waals surface area contributed by atoms with Crippen molar-refractivity contribution in [3.63, 3.8) is 0 Å². The molecule has 0 aliphatic heterocycles. The first-order chi connectivity index (χ1) is 10.3. The van der Waals surface area contributed by atoms with Crippen LogP contribution in [0.25, 0.3) is 10.2 Å². The second-order valence-corrected chi connectivity index (χ2v) is 6.55. The third kappa shape index (κ3) is 3.04. The van der Waals surface area contributed by atoms with Crippen LogP contribution in [0.5, 0.6) is 0 Å². The molecule has 2 heterocycles. The molecule has 3 rings (SSSR count). The Morgan fingerprint density at radius 1 is 1.29 bits per heavy atom. The molecule has 1 aromatic carbocycles. The third-order valence-electron chi connectivity index (χ3n) is 3.03. The minimum Gasteiger partial charge on any atom is -0.313 e. The monoisotopic (exact) mass is 314 g/mol. The highest BCUT2D eigenvalue weighted by Crippen LogP contribution is 2.17. The summed E-state index contributed by atoms with van der Waals surface area (Å²) < 4.78 is 3.15. The van der Waals surface area contributed by atoms with Gasteiger partial charge in [-0.15, -0.1) is 17.9 Å².